The average molecular weight is 496 g/mol. The van der Waals surface area contributed by atoms with Crippen LogP contribution in [0.25, 0.3) is 0 Å². The number of non-ortho nitro benzene ring substituents is 1. The summed E-state index contributed by atoms with van der Waals surface area (Å²) in [6.07, 6.45) is 6.88. The van der Waals surface area contributed by atoms with Crippen molar-refractivity contribution in [3.63, 3.8) is 0 Å². The van der Waals surface area contributed by atoms with Crippen molar-refractivity contribution in [2.45, 2.75) is 61.9 Å². The summed E-state index contributed by atoms with van der Waals surface area (Å²) in [5, 5.41) is 17.5. The Kier molecular flexibility index (Phi) is 7.89. The van der Waals surface area contributed by atoms with Crippen molar-refractivity contribution in [1.29, 1.82) is 0 Å². The van der Waals surface area contributed by atoms with E-state index in [9.17, 15) is 23.3 Å². The lowest BCUT2D eigenvalue weighted by atomic mass is 9.96. The van der Waals surface area contributed by atoms with Crippen molar-refractivity contribution in [3.8, 4) is 0 Å². The number of anilines is 1. The monoisotopic (exact) mass is 495 g/mol. The molecule has 0 atom stereocenters. The zero-order valence-electron chi connectivity index (χ0n) is 19.3. The Morgan fingerprint density at radius 1 is 0.971 bits per heavy atom. The van der Waals surface area contributed by atoms with Gasteiger partial charge in [-0.1, -0.05) is 19.3 Å². The number of amides is 2. The number of nitrogens with one attached hydrogen (secondary N) is 2. The molecular weight excluding hydrogens is 462 g/mol. The minimum atomic E-state index is -3.92. The van der Waals surface area contributed by atoms with Crippen LogP contribution in [0.15, 0.2) is 23.1 Å². The first-order chi connectivity index (χ1) is 16.3. The number of nitro groups is 1. The van der Waals surface area contributed by atoms with Crippen LogP contribution in [0.3, 0.4) is 0 Å². The number of hydrogen-bond donors (Lipinski definition) is 2. The maximum atomic E-state index is 13.4. The van der Waals surface area contributed by atoms with Gasteiger partial charge in [-0.15, -0.1) is 0 Å². The number of urea groups is 1. The minimum absolute atomic E-state index is 0.00260. The second-order valence-electron chi connectivity index (χ2n) is 9.14. The van der Waals surface area contributed by atoms with E-state index in [-0.39, 0.29) is 41.8 Å². The summed E-state index contributed by atoms with van der Waals surface area (Å²) in [5.41, 5.74) is 0.203. The first kappa shape index (κ1) is 24.7. The fourth-order valence-corrected chi connectivity index (χ4v) is 6.57. The van der Waals surface area contributed by atoms with Crippen LogP contribution in [0.1, 0.15) is 44.9 Å². The highest BCUT2D eigenvalue weighted by atomic mass is 32.2. The maximum absolute atomic E-state index is 13.4. The van der Waals surface area contributed by atoms with E-state index < -0.39 is 14.9 Å². The van der Waals surface area contributed by atoms with Crippen LogP contribution >= 0.6 is 0 Å². The molecule has 1 saturated carbocycles. The van der Waals surface area contributed by atoms with Gasteiger partial charge in [0, 0.05) is 50.4 Å². The molecule has 0 spiro atoms. The second kappa shape index (κ2) is 10.9. The second-order valence-corrected chi connectivity index (χ2v) is 11.0. The summed E-state index contributed by atoms with van der Waals surface area (Å²) in [6, 6.07) is 4.11. The van der Waals surface area contributed by atoms with Gasteiger partial charge in [0.1, 0.15) is 4.90 Å². The molecule has 1 aliphatic carbocycles. The topological polar surface area (TPSA) is 134 Å². The van der Waals surface area contributed by atoms with Gasteiger partial charge in [-0.05, 0) is 31.7 Å². The molecule has 2 N–H and O–H groups in total. The predicted molar refractivity (Wildman–Crippen MR) is 126 cm³/mol. The number of carbonyl (C=O) groups is 1. The van der Waals surface area contributed by atoms with Gasteiger partial charge in [0.05, 0.1) is 23.8 Å². The van der Waals surface area contributed by atoms with Crippen LogP contribution in [0.2, 0.25) is 0 Å². The van der Waals surface area contributed by atoms with Crippen molar-refractivity contribution in [2.24, 2.45) is 0 Å². The fourth-order valence-electron chi connectivity index (χ4n) is 4.93. The molecule has 0 unspecified atom stereocenters. The predicted octanol–water partition coefficient (Wildman–Crippen LogP) is 2.22. The number of nitrogens with zero attached hydrogens (tertiary/aromatic N) is 3. The van der Waals surface area contributed by atoms with E-state index in [1.165, 1.54) is 22.9 Å². The summed E-state index contributed by atoms with van der Waals surface area (Å²) >= 11 is 0. The van der Waals surface area contributed by atoms with E-state index in [4.69, 9.17) is 4.74 Å². The lowest BCUT2D eigenvalue weighted by Gasteiger charge is -2.36. The van der Waals surface area contributed by atoms with Crippen molar-refractivity contribution < 1.29 is 22.9 Å². The van der Waals surface area contributed by atoms with Gasteiger partial charge in [-0.3, -0.25) is 10.1 Å². The van der Waals surface area contributed by atoms with E-state index in [2.05, 4.69) is 10.6 Å². The molecule has 188 valence electrons. The van der Waals surface area contributed by atoms with E-state index in [1.807, 2.05) is 4.90 Å². The summed E-state index contributed by atoms with van der Waals surface area (Å²) < 4.78 is 33.3. The molecule has 2 heterocycles. The first-order valence-electron chi connectivity index (χ1n) is 12.0. The van der Waals surface area contributed by atoms with Crippen LogP contribution in [-0.4, -0.2) is 75.2 Å². The third-order valence-corrected chi connectivity index (χ3v) is 8.78. The average Bonchev–Trinajstić information content (AvgIpc) is 2.85. The largest absolute Gasteiger partial charge is 0.379 e. The Morgan fingerprint density at radius 3 is 2.21 bits per heavy atom. The number of sulfonamides is 1. The highest BCUT2D eigenvalue weighted by molar-refractivity contribution is 7.89. The molecule has 2 aliphatic heterocycles. The highest BCUT2D eigenvalue weighted by Gasteiger charge is 2.33. The lowest BCUT2D eigenvalue weighted by Crippen LogP contribution is -2.50. The van der Waals surface area contributed by atoms with Crippen LogP contribution in [-0.2, 0) is 14.8 Å². The van der Waals surface area contributed by atoms with Gasteiger partial charge in [-0.25, -0.2) is 13.2 Å². The fraction of sp³-hybridized carbons (Fsp3) is 0.682. The van der Waals surface area contributed by atoms with Gasteiger partial charge >= 0.3 is 6.03 Å². The normalized spacial score (nSPS) is 21.2. The molecule has 0 aromatic heterocycles. The zero-order valence-corrected chi connectivity index (χ0v) is 20.1. The molecule has 0 bridgehead atoms. The molecule has 3 fully saturated rings. The summed E-state index contributed by atoms with van der Waals surface area (Å²) in [7, 11) is -3.92. The number of ether oxygens (including phenoxy) is 1. The maximum Gasteiger partial charge on any atom is 0.315 e. The van der Waals surface area contributed by atoms with E-state index in [0.29, 0.717) is 44.8 Å². The number of nitro benzene ring substituents is 1. The molecular formula is C22H33N5O6S. The quantitative estimate of drug-likeness (QED) is 0.456. The summed E-state index contributed by atoms with van der Waals surface area (Å²) in [5.74, 6) is 0. The van der Waals surface area contributed by atoms with Crippen LogP contribution in [0.5, 0.6) is 0 Å². The number of benzene rings is 1. The Hall–Kier alpha value is -2.44. The SMILES string of the molecule is O=C(NC1CCCCC1)NC1CCN(c2ccc([N+](=O)[O-])cc2S(=O)(=O)N2CCOCC2)CC1. The number of morpholine rings is 1. The molecule has 1 aromatic rings. The van der Waals surface area contributed by atoms with Crippen molar-refractivity contribution in [3.05, 3.63) is 28.3 Å². The zero-order chi connectivity index (χ0) is 24.1. The van der Waals surface area contributed by atoms with E-state index in [1.54, 1.807) is 0 Å². The Balaban J connectivity index is 1.44. The van der Waals surface area contributed by atoms with Crippen molar-refractivity contribution in [1.82, 2.24) is 14.9 Å². The highest BCUT2D eigenvalue weighted by Crippen LogP contribution is 2.33. The van der Waals surface area contributed by atoms with E-state index in [0.717, 1.165) is 31.7 Å². The molecule has 4 rings (SSSR count). The third kappa shape index (κ3) is 5.78. The molecule has 12 heteroatoms. The number of carbonyl (C=O) groups excluding carboxylic acids is 1. The summed E-state index contributed by atoms with van der Waals surface area (Å²) in [4.78, 5) is 25.1. The Morgan fingerprint density at radius 2 is 1.59 bits per heavy atom. The van der Waals surface area contributed by atoms with Crippen LogP contribution in [0, 0.1) is 10.1 Å². The molecule has 34 heavy (non-hydrogen) atoms. The third-order valence-electron chi connectivity index (χ3n) is 6.85. The summed E-state index contributed by atoms with van der Waals surface area (Å²) in [6.45, 7) is 2.10. The van der Waals surface area contributed by atoms with Crippen LogP contribution in [0.4, 0.5) is 16.2 Å². The smallest absolute Gasteiger partial charge is 0.315 e. The molecule has 2 amide bonds. The van der Waals surface area contributed by atoms with Gasteiger partial charge in [0.15, 0.2) is 0 Å². The molecule has 3 aliphatic rings. The lowest BCUT2D eigenvalue weighted by molar-refractivity contribution is -0.385. The standard InChI is InChI=1S/C22H33N5O6S/c28-22(23-17-4-2-1-3-5-17)24-18-8-10-25(11-9-18)20-7-6-19(27(29)30)16-21(20)34(31,32)26-12-14-33-15-13-26/h6-7,16-18H,1-5,8-15H2,(H2,23,24,28). The molecule has 11 nitrogen and oxygen atoms in total. The Labute approximate surface area is 200 Å². The first-order valence-corrected chi connectivity index (χ1v) is 13.5. The molecule has 0 radical (unpaired) electrons. The van der Waals surface area contributed by atoms with E-state index >= 15 is 0 Å². The van der Waals surface area contributed by atoms with Crippen LogP contribution < -0.4 is 15.5 Å². The Bertz CT molecular complexity index is 983. The number of hydrogen-bond acceptors (Lipinski definition) is 7. The van der Waals surface area contributed by atoms with Gasteiger partial charge in [0.25, 0.3) is 5.69 Å². The van der Waals surface area contributed by atoms with Crippen molar-refractivity contribution >= 4 is 27.4 Å². The minimum Gasteiger partial charge on any atom is -0.379 e. The number of piperidine rings is 1. The van der Waals surface area contributed by atoms with Gasteiger partial charge in [0.2, 0.25) is 10.0 Å². The molecule has 2 saturated heterocycles. The van der Waals surface area contributed by atoms with Crippen molar-refractivity contribution in [2.75, 3.05) is 44.3 Å². The number of rotatable bonds is 6. The van der Waals surface area contributed by atoms with Gasteiger partial charge < -0.3 is 20.3 Å². The molecule has 1 aromatic carbocycles. The van der Waals surface area contributed by atoms with Gasteiger partial charge in [-0.2, -0.15) is 4.31 Å².